The summed E-state index contributed by atoms with van der Waals surface area (Å²) in [5, 5.41) is 18.6. The summed E-state index contributed by atoms with van der Waals surface area (Å²) in [6.07, 6.45) is 15.1. The van der Waals surface area contributed by atoms with Gasteiger partial charge in [-0.1, -0.05) is 17.7 Å². The van der Waals surface area contributed by atoms with E-state index in [-0.39, 0.29) is 18.8 Å². The van der Waals surface area contributed by atoms with E-state index in [4.69, 9.17) is 40.7 Å². The van der Waals surface area contributed by atoms with Gasteiger partial charge < -0.3 is 29.3 Å². The molecule has 15 heteroatoms. The van der Waals surface area contributed by atoms with Crippen LogP contribution in [0.1, 0.15) is 44.5 Å². The fourth-order valence-corrected chi connectivity index (χ4v) is 6.00. The zero-order valence-corrected chi connectivity index (χ0v) is 27.0. The summed E-state index contributed by atoms with van der Waals surface area (Å²) in [4.78, 5) is 19.6. The summed E-state index contributed by atoms with van der Waals surface area (Å²) in [5.41, 5.74) is 2.32. The molecule has 4 heterocycles. The van der Waals surface area contributed by atoms with Crippen molar-refractivity contribution in [3.05, 3.63) is 60.2 Å². The molecule has 1 aromatic carbocycles. The van der Waals surface area contributed by atoms with Crippen LogP contribution in [-0.2, 0) is 11.3 Å². The Morgan fingerprint density at radius 3 is 2.64 bits per heavy atom. The smallest absolute Gasteiger partial charge is 0.257 e. The Labute approximate surface area is 278 Å². The highest BCUT2D eigenvalue weighted by Gasteiger charge is 2.29. The van der Waals surface area contributed by atoms with Gasteiger partial charge in [0.2, 0.25) is 11.8 Å². The Kier molecular flexibility index (Phi) is 10.9. The fraction of sp³-hybridized carbons (Fsp3) is 0.438. The molecular formula is C32H39ClN10O4. The van der Waals surface area contributed by atoms with Gasteiger partial charge in [0.25, 0.3) is 5.88 Å². The third-order valence-electron chi connectivity index (χ3n) is 8.25. The van der Waals surface area contributed by atoms with Crippen LogP contribution in [0.4, 0.5) is 11.6 Å². The molecule has 2 fully saturated rings. The SMILES string of the molecule is C[C@@H](CN/C=N\C=N)Oc1cc(-c2cnc(Nc3cn([C@H]4CC[C@H](N5CCOCC5)CC4)nc3OCc3ncco3)nc2)ccc1Cl. The number of anilines is 2. The molecule has 3 N–H and O–H groups in total. The van der Waals surface area contributed by atoms with Crippen molar-refractivity contribution in [2.45, 2.75) is 57.4 Å². The summed E-state index contributed by atoms with van der Waals surface area (Å²) in [7, 11) is 0. The number of oxazole rings is 1. The zero-order chi connectivity index (χ0) is 32.4. The van der Waals surface area contributed by atoms with Crippen molar-refractivity contribution in [3.8, 4) is 22.8 Å². The molecule has 1 atom stereocenters. The molecule has 14 nitrogen and oxygen atoms in total. The van der Waals surface area contributed by atoms with Crippen LogP contribution in [0.3, 0.4) is 0 Å². The van der Waals surface area contributed by atoms with Crippen molar-refractivity contribution in [2.24, 2.45) is 4.99 Å². The standard InChI is InChI=1S/C32H39ClN10O4/c1-22(15-35-21-36-20-34)47-29-14-23(2-7-27(29)33)24-16-38-32(39-17-24)40-28-18-43(41-31(28)46-19-30-37-8-11-45-30)26-5-3-25(4-6-26)42-9-12-44-13-10-42/h2,7-8,11,14,16-18,20-22,25-26H,3-6,9-10,12-13,15,19H2,1H3,(H2,34,35,36)(H,38,39,40)/t22-,25-,26-/m0/s1. The van der Waals surface area contributed by atoms with Gasteiger partial charge >= 0.3 is 0 Å². The minimum Gasteiger partial charge on any atom is -0.487 e. The Morgan fingerprint density at radius 2 is 1.89 bits per heavy atom. The largest absolute Gasteiger partial charge is 0.487 e. The number of nitrogens with zero attached hydrogens (tertiary/aromatic N) is 7. The lowest BCUT2D eigenvalue weighted by Crippen LogP contribution is -2.45. The molecule has 1 aliphatic carbocycles. The normalized spacial score (nSPS) is 19.4. The molecule has 47 heavy (non-hydrogen) atoms. The van der Waals surface area contributed by atoms with Crippen molar-refractivity contribution in [1.29, 1.82) is 5.41 Å². The number of hydrogen-bond acceptors (Lipinski definition) is 11. The molecule has 1 saturated heterocycles. The lowest BCUT2D eigenvalue weighted by Gasteiger charge is -2.38. The predicted molar refractivity (Wildman–Crippen MR) is 178 cm³/mol. The number of ether oxygens (including phenoxy) is 3. The minimum atomic E-state index is -0.191. The van der Waals surface area contributed by atoms with Gasteiger partial charge in [-0.2, -0.15) is 0 Å². The highest BCUT2D eigenvalue weighted by Crippen LogP contribution is 2.35. The number of aromatic nitrogens is 5. The van der Waals surface area contributed by atoms with Crippen LogP contribution >= 0.6 is 11.6 Å². The van der Waals surface area contributed by atoms with Gasteiger partial charge in [0.05, 0.1) is 49.6 Å². The van der Waals surface area contributed by atoms with E-state index in [0.29, 0.717) is 46.8 Å². The first-order chi connectivity index (χ1) is 23.1. The van der Waals surface area contributed by atoms with Gasteiger partial charge in [-0.3, -0.25) is 15.0 Å². The summed E-state index contributed by atoms with van der Waals surface area (Å²) in [6, 6.07) is 6.41. The lowest BCUT2D eigenvalue weighted by atomic mass is 9.90. The van der Waals surface area contributed by atoms with E-state index in [9.17, 15) is 0 Å². The van der Waals surface area contributed by atoms with Crippen LogP contribution in [0.15, 0.2) is 58.7 Å². The van der Waals surface area contributed by atoms with E-state index in [1.165, 1.54) is 12.6 Å². The Morgan fingerprint density at radius 1 is 1.11 bits per heavy atom. The maximum Gasteiger partial charge on any atom is 0.257 e. The second kappa shape index (κ2) is 15.8. The molecule has 0 radical (unpaired) electrons. The van der Waals surface area contributed by atoms with Crippen molar-refractivity contribution in [3.63, 3.8) is 0 Å². The second-order valence-electron chi connectivity index (χ2n) is 11.5. The van der Waals surface area contributed by atoms with Crippen LogP contribution < -0.4 is 20.1 Å². The molecule has 0 unspecified atom stereocenters. The quantitative estimate of drug-likeness (QED) is 0.122. The number of benzene rings is 1. The van der Waals surface area contributed by atoms with Crippen molar-refractivity contribution in [1.82, 2.24) is 34.9 Å². The summed E-state index contributed by atoms with van der Waals surface area (Å²) in [5.74, 6) is 1.84. The molecule has 0 amide bonds. The molecule has 0 spiro atoms. The lowest BCUT2D eigenvalue weighted by molar-refractivity contribution is 0.00502. The highest BCUT2D eigenvalue weighted by molar-refractivity contribution is 6.32. The third-order valence-corrected chi connectivity index (χ3v) is 8.57. The van der Waals surface area contributed by atoms with Crippen molar-refractivity contribution < 1.29 is 18.6 Å². The molecule has 2 aliphatic rings. The van der Waals surface area contributed by atoms with Crippen LogP contribution in [0, 0.1) is 5.41 Å². The van der Waals surface area contributed by atoms with Gasteiger partial charge in [0.1, 0.15) is 30.1 Å². The fourth-order valence-electron chi connectivity index (χ4n) is 5.84. The van der Waals surface area contributed by atoms with E-state index >= 15 is 0 Å². The molecule has 3 aromatic heterocycles. The molecule has 0 bridgehead atoms. The first kappa shape index (κ1) is 32.4. The van der Waals surface area contributed by atoms with Crippen molar-refractivity contribution >= 4 is 35.9 Å². The van der Waals surface area contributed by atoms with Crippen molar-refractivity contribution in [2.75, 3.05) is 38.2 Å². The van der Waals surface area contributed by atoms with E-state index in [1.54, 1.807) is 24.7 Å². The zero-order valence-electron chi connectivity index (χ0n) is 26.2. The van der Waals surface area contributed by atoms with Crippen LogP contribution in [-0.4, -0.2) is 87.3 Å². The minimum absolute atomic E-state index is 0.148. The number of halogens is 1. The van der Waals surface area contributed by atoms with E-state index in [0.717, 1.165) is 69.5 Å². The number of morpholine rings is 1. The third kappa shape index (κ3) is 8.64. The van der Waals surface area contributed by atoms with E-state index in [1.807, 2.05) is 29.9 Å². The van der Waals surface area contributed by atoms with Gasteiger partial charge in [-0.15, -0.1) is 5.10 Å². The Bertz CT molecular complexity index is 1600. The van der Waals surface area contributed by atoms with Crippen LogP contribution in [0.2, 0.25) is 5.02 Å². The molecule has 6 rings (SSSR count). The molecule has 1 saturated carbocycles. The topological polar surface area (TPSA) is 161 Å². The summed E-state index contributed by atoms with van der Waals surface area (Å²) in [6.45, 7) is 6.22. The highest BCUT2D eigenvalue weighted by atomic mass is 35.5. The summed E-state index contributed by atoms with van der Waals surface area (Å²) < 4.78 is 25.0. The average Bonchev–Trinajstić information content (AvgIpc) is 3.78. The second-order valence-corrected chi connectivity index (χ2v) is 11.9. The molecular weight excluding hydrogens is 624 g/mol. The molecule has 248 valence electrons. The van der Waals surface area contributed by atoms with Crippen LogP contribution in [0.5, 0.6) is 11.6 Å². The Balaban J connectivity index is 1.13. The van der Waals surface area contributed by atoms with Crippen LogP contribution in [0.25, 0.3) is 11.1 Å². The predicted octanol–water partition coefficient (Wildman–Crippen LogP) is 5.11. The maximum absolute atomic E-state index is 6.95. The van der Waals surface area contributed by atoms with Gasteiger partial charge in [0.15, 0.2) is 6.61 Å². The van der Waals surface area contributed by atoms with Gasteiger partial charge in [0, 0.05) is 37.1 Å². The van der Waals surface area contributed by atoms with Gasteiger partial charge in [-0.25, -0.2) is 19.9 Å². The van der Waals surface area contributed by atoms with Gasteiger partial charge in [-0.05, 0) is 50.3 Å². The number of nitrogens with one attached hydrogen (secondary N) is 3. The molecule has 4 aromatic rings. The maximum atomic E-state index is 6.95. The number of hydrogen-bond donors (Lipinski definition) is 3. The molecule has 1 aliphatic heterocycles. The van der Waals surface area contributed by atoms with E-state index in [2.05, 4.69) is 35.5 Å². The summed E-state index contributed by atoms with van der Waals surface area (Å²) >= 11 is 6.42. The Hall–Kier alpha value is -4.53. The first-order valence-electron chi connectivity index (χ1n) is 15.8. The number of rotatable bonds is 14. The average molecular weight is 663 g/mol. The number of aliphatic imine (C=N–C) groups is 1. The monoisotopic (exact) mass is 662 g/mol. The van der Waals surface area contributed by atoms with E-state index < -0.39 is 0 Å². The first-order valence-corrected chi connectivity index (χ1v) is 16.1.